The van der Waals surface area contributed by atoms with Crippen LogP contribution in [0.1, 0.15) is 33.6 Å². The molecule has 3 nitrogen and oxygen atoms in total. The van der Waals surface area contributed by atoms with E-state index in [9.17, 15) is 0 Å². The van der Waals surface area contributed by atoms with Gasteiger partial charge in [0.25, 0.3) is 0 Å². The Labute approximate surface area is 118 Å². The van der Waals surface area contributed by atoms with Crippen LogP contribution in [0.25, 0.3) is 0 Å². The van der Waals surface area contributed by atoms with Crippen molar-refractivity contribution in [3.63, 3.8) is 0 Å². The minimum Gasteiger partial charge on any atom is -0.492 e. The number of aromatic nitrogens is 1. The van der Waals surface area contributed by atoms with E-state index in [0.29, 0.717) is 5.04 Å². The number of ether oxygens (including phenoxy) is 1. The van der Waals surface area contributed by atoms with E-state index in [1.54, 1.807) is 12.4 Å². The van der Waals surface area contributed by atoms with Gasteiger partial charge < -0.3 is 9.16 Å². The molecule has 19 heavy (non-hydrogen) atoms. The molecule has 0 saturated heterocycles. The fourth-order valence-corrected chi connectivity index (χ4v) is 2.46. The summed E-state index contributed by atoms with van der Waals surface area (Å²) in [6.07, 6.45) is 5.56. The number of unbranched alkanes of at least 4 members (excludes halogenated alkanes) is 1. The molecule has 4 heteroatoms. The summed E-state index contributed by atoms with van der Waals surface area (Å²) in [6, 6.07) is 3.81. The average molecular weight is 281 g/mol. The SMILES string of the molecule is CC(C)(C)[Si](C)(C)OCCCCOc1cccnc1. The lowest BCUT2D eigenvalue weighted by molar-refractivity contribution is 0.252. The third kappa shape index (κ3) is 5.74. The highest BCUT2D eigenvalue weighted by Crippen LogP contribution is 2.36. The van der Waals surface area contributed by atoms with Gasteiger partial charge in [-0.15, -0.1) is 0 Å². The summed E-state index contributed by atoms with van der Waals surface area (Å²) >= 11 is 0. The standard InChI is InChI=1S/C15H27NO2Si/c1-15(2,3)19(4,5)18-12-7-6-11-17-14-9-8-10-16-13-14/h8-10,13H,6-7,11-12H2,1-5H3. The minimum absolute atomic E-state index is 0.291. The van der Waals surface area contributed by atoms with Crippen LogP contribution in [-0.4, -0.2) is 26.5 Å². The van der Waals surface area contributed by atoms with E-state index >= 15 is 0 Å². The molecule has 0 radical (unpaired) electrons. The Kier molecular flexibility index (Phi) is 6.01. The lowest BCUT2D eigenvalue weighted by atomic mass is 10.2. The van der Waals surface area contributed by atoms with Gasteiger partial charge in [0.2, 0.25) is 0 Å². The van der Waals surface area contributed by atoms with Crippen LogP contribution in [-0.2, 0) is 4.43 Å². The predicted molar refractivity (Wildman–Crippen MR) is 82.1 cm³/mol. The first kappa shape index (κ1) is 16.2. The molecule has 0 unspecified atom stereocenters. The molecule has 0 fully saturated rings. The molecule has 0 atom stereocenters. The summed E-state index contributed by atoms with van der Waals surface area (Å²) in [4.78, 5) is 4.01. The summed E-state index contributed by atoms with van der Waals surface area (Å²) < 4.78 is 11.7. The molecule has 0 saturated carbocycles. The first-order valence-corrected chi connectivity index (χ1v) is 9.90. The predicted octanol–water partition coefficient (Wildman–Crippen LogP) is 4.26. The van der Waals surface area contributed by atoms with Crippen LogP contribution in [0.2, 0.25) is 18.1 Å². The highest BCUT2D eigenvalue weighted by Gasteiger charge is 2.36. The Morgan fingerprint density at radius 1 is 1.16 bits per heavy atom. The monoisotopic (exact) mass is 281 g/mol. The van der Waals surface area contributed by atoms with Gasteiger partial charge in [-0.3, -0.25) is 4.98 Å². The van der Waals surface area contributed by atoms with Crippen molar-refractivity contribution in [2.24, 2.45) is 0 Å². The van der Waals surface area contributed by atoms with Gasteiger partial charge in [-0.05, 0) is 43.1 Å². The van der Waals surface area contributed by atoms with Crippen molar-refractivity contribution in [3.05, 3.63) is 24.5 Å². The molecule has 108 valence electrons. The van der Waals surface area contributed by atoms with Gasteiger partial charge >= 0.3 is 0 Å². The fraction of sp³-hybridized carbons (Fsp3) is 0.667. The Bertz CT molecular complexity index is 360. The van der Waals surface area contributed by atoms with Crippen molar-refractivity contribution in [2.75, 3.05) is 13.2 Å². The summed E-state index contributed by atoms with van der Waals surface area (Å²) in [5, 5.41) is 0.291. The minimum atomic E-state index is -1.58. The van der Waals surface area contributed by atoms with Crippen LogP contribution < -0.4 is 4.74 Å². The Balaban J connectivity index is 2.12. The lowest BCUT2D eigenvalue weighted by Crippen LogP contribution is -2.41. The first-order valence-electron chi connectivity index (χ1n) is 7.00. The summed E-state index contributed by atoms with van der Waals surface area (Å²) in [6.45, 7) is 13.0. The zero-order valence-corrected chi connectivity index (χ0v) is 13.9. The van der Waals surface area contributed by atoms with E-state index in [2.05, 4.69) is 38.8 Å². The van der Waals surface area contributed by atoms with Crippen LogP contribution in [0, 0.1) is 0 Å². The molecule has 1 aromatic heterocycles. The Morgan fingerprint density at radius 2 is 1.84 bits per heavy atom. The molecular weight excluding hydrogens is 254 g/mol. The molecule has 0 aliphatic carbocycles. The maximum absolute atomic E-state index is 6.12. The Hall–Kier alpha value is -0.873. The summed E-state index contributed by atoms with van der Waals surface area (Å²) in [5.74, 6) is 0.841. The van der Waals surface area contributed by atoms with Crippen molar-refractivity contribution in [2.45, 2.75) is 51.7 Å². The molecule has 1 rings (SSSR count). The van der Waals surface area contributed by atoms with Crippen molar-refractivity contribution in [3.8, 4) is 5.75 Å². The molecule has 0 spiro atoms. The number of hydrogen-bond acceptors (Lipinski definition) is 3. The van der Waals surface area contributed by atoms with E-state index in [0.717, 1.165) is 31.8 Å². The van der Waals surface area contributed by atoms with Crippen LogP contribution in [0.4, 0.5) is 0 Å². The largest absolute Gasteiger partial charge is 0.492 e. The van der Waals surface area contributed by atoms with Crippen LogP contribution in [0.15, 0.2) is 24.5 Å². The van der Waals surface area contributed by atoms with E-state index < -0.39 is 8.32 Å². The average Bonchev–Trinajstić information content (AvgIpc) is 2.33. The molecule has 0 bridgehead atoms. The van der Waals surface area contributed by atoms with Gasteiger partial charge in [0, 0.05) is 12.8 Å². The highest BCUT2D eigenvalue weighted by atomic mass is 28.4. The Morgan fingerprint density at radius 3 is 2.42 bits per heavy atom. The second-order valence-corrected chi connectivity index (χ2v) is 11.2. The third-order valence-corrected chi connectivity index (χ3v) is 8.25. The van der Waals surface area contributed by atoms with Gasteiger partial charge in [0.15, 0.2) is 8.32 Å². The van der Waals surface area contributed by atoms with Gasteiger partial charge in [-0.2, -0.15) is 0 Å². The highest BCUT2D eigenvalue weighted by molar-refractivity contribution is 6.74. The van der Waals surface area contributed by atoms with Crippen LogP contribution in [0.3, 0.4) is 0 Å². The number of rotatable bonds is 7. The maximum atomic E-state index is 6.12. The topological polar surface area (TPSA) is 31.4 Å². The quantitative estimate of drug-likeness (QED) is 0.552. The second kappa shape index (κ2) is 7.06. The smallest absolute Gasteiger partial charge is 0.191 e. The third-order valence-electron chi connectivity index (χ3n) is 3.71. The van der Waals surface area contributed by atoms with E-state index in [1.807, 2.05) is 12.1 Å². The summed E-state index contributed by atoms with van der Waals surface area (Å²) in [5.41, 5.74) is 0. The van der Waals surface area contributed by atoms with Crippen molar-refractivity contribution >= 4 is 8.32 Å². The number of hydrogen-bond donors (Lipinski definition) is 0. The molecular formula is C15H27NO2Si. The summed E-state index contributed by atoms with van der Waals surface area (Å²) in [7, 11) is -1.58. The van der Waals surface area contributed by atoms with Crippen molar-refractivity contribution in [1.29, 1.82) is 0 Å². The number of nitrogens with zero attached hydrogens (tertiary/aromatic N) is 1. The maximum Gasteiger partial charge on any atom is 0.191 e. The van der Waals surface area contributed by atoms with Crippen LogP contribution in [0.5, 0.6) is 5.75 Å². The molecule has 0 aromatic carbocycles. The van der Waals surface area contributed by atoms with Gasteiger partial charge in [0.05, 0.1) is 12.8 Å². The second-order valence-electron chi connectivity index (χ2n) is 6.35. The molecule has 0 N–H and O–H groups in total. The molecule has 0 amide bonds. The zero-order chi connectivity index (χ0) is 14.4. The van der Waals surface area contributed by atoms with E-state index in [1.165, 1.54) is 0 Å². The molecule has 1 aromatic rings. The molecule has 1 heterocycles. The fourth-order valence-electron chi connectivity index (χ4n) is 1.37. The van der Waals surface area contributed by atoms with E-state index in [-0.39, 0.29) is 0 Å². The van der Waals surface area contributed by atoms with Crippen molar-refractivity contribution in [1.82, 2.24) is 4.98 Å². The van der Waals surface area contributed by atoms with Gasteiger partial charge in [0.1, 0.15) is 5.75 Å². The first-order chi connectivity index (χ1) is 8.83. The molecule has 0 aliphatic rings. The zero-order valence-electron chi connectivity index (χ0n) is 12.9. The number of pyridine rings is 1. The normalized spacial score (nSPS) is 12.5. The molecule has 0 aliphatic heterocycles. The van der Waals surface area contributed by atoms with Crippen molar-refractivity contribution < 1.29 is 9.16 Å². The van der Waals surface area contributed by atoms with E-state index in [4.69, 9.17) is 9.16 Å². The van der Waals surface area contributed by atoms with Gasteiger partial charge in [-0.1, -0.05) is 20.8 Å². The lowest BCUT2D eigenvalue weighted by Gasteiger charge is -2.36. The van der Waals surface area contributed by atoms with Crippen LogP contribution >= 0.6 is 0 Å². The van der Waals surface area contributed by atoms with Gasteiger partial charge in [-0.25, -0.2) is 0 Å².